The molecular weight excluding hydrogens is 393 g/mol. The molecule has 1 saturated carbocycles. The summed E-state index contributed by atoms with van der Waals surface area (Å²) in [6.45, 7) is 7.55. The van der Waals surface area contributed by atoms with E-state index in [1.54, 1.807) is 0 Å². The van der Waals surface area contributed by atoms with Crippen LogP contribution in [0.5, 0.6) is 0 Å². The van der Waals surface area contributed by atoms with E-state index in [-0.39, 0.29) is 0 Å². The Balaban J connectivity index is 0.000000298. The van der Waals surface area contributed by atoms with E-state index in [0.717, 1.165) is 64.0 Å². The quantitative estimate of drug-likeness (QED) is 0.754. The Kier molecular flexibility index (Phi) is 7.47. The molecule has 2 fully saturated rings. The van der Waals surface area contributed by atoms with Crippen molar-refractivity contribution in [2.24, 2.45) is 11.8 Å². The fourth-order valence-corrected chi connectivity index (χ4v) is 3.42. The van der Waals surface area contributed by atoms with Crippen molar-refractivity contribution in [3.63, 3.8) is 0 Å². The maximum atomic E-state index is 10.6. The third-order valence-electron chi connectivity index (χ3n) is 5.21. The van der Waals surface area contributed by atoms with Crippen molar-refractivity contribution >= 4 is 5.97 Å². The summed E-state index contributed by atoms with van der Waals surface area (Å²) in [5, 5.41) is 15.8. The number of fused-ring (bicyclic) bond motifs is 1. The number of hydrogen-bond acceptors (Lipinski definition) is 6. The average Bonchev–Trinajstić information content (AvgIpc) is 3.27. The molecule has 3 heterocycles. The SMILES string of the molecule is C1CN(CC2CCOC2)Cc2c(COCC3CC3)nnn2C1.O=C(O)C(F)(F)F. The number of carboxylic acid groups (broad SMARTS) is 1. The van der Waals surface area contributed by atoms with Gasteiger partial charge in [0, 0.05) is 39.4 Å². The van der Waals surface area contributed by atoms with E-state index in [1.807, 2.05) is 0 Å². The minimum absolute atomic E-state index is 0.617. The highest BCUT2D eigenvalue weighted by Gasteiger charge is 2.38. The van der Waals surface area contributed by atoms with E-state index in [1.165, 1.54) is 25.0 Å². The Labute approximate surface area is 166 Å². The van der Waals surface area contributed by atoms with Crippen LogP contribution < -0.4 is 0 Å². The van der Waals surface area contributed by atoms with Crippen LogP contribution in [0, 0.1) is 11.8 Å². The molecule has 1 unspecified atom stereocenters. The molecule has 0 spiro atoms. The number of hydrogen-bond donors (Lipinski definition) is 1. The normalized spacial score (nSPS) is 22.5. The molecule has 164 valence electrons. The summed E-state index contributed by atoms with van der Waals surface area (Å²) in [6, 6.07) is 0. The summed E-state index contributed by atoms with van der Waals surface area (Å²) < 4.78 is 45.2. The van der Waals surface area contributed by atoms with Gasteiger partial charge < -0.3 is 14.6 Å². The van der Waals surface area contributed by atoms with Gasteiger partial charge in [0.15, 0.2) is 0 Å². The lowest BCUT2D eigenvalue weighted by molar-refractivity contribution is -0.192. The number of rotatable bonds is 6. The number of aliphatic carboxylic acids is 1. The Morgan fingerprint density at radius 1 is 1.24 bits per heavy atom. The zero-order valence-corrected chi connectivity index (χ0v) is 16.2. The molecule has 2 aliphatic heterocycles. The topological polar surface area (TPSA) is 89.7 Å². The van der Waals surface area contributed by atoms with Crippen LogP contribution in [0.2, 0.25) is 0 Å². The average molecular weight is 420 g/mol. The van der Waals surface area contributed by atoms with Gasteiger partial charge in [-0.2, -0.15) is 13.2 Å². The molecule has 3 aliphatic rings. The molecule has 29 heavy (non-hydrogen) atoms. The highest BCUT2D eigenvalue weighted by atomic mass is 19.4. The van der Waals surface area contributed by atoms with Gasteiger partial charge in [-0.3, -0.25) is 4.90 Å². The molecule has 0 bridgehead atoms. The number of nitrogens with zero attached hydrogens (tertiary/aromatic N) is 4. The summed E-state index contributed by atoms with van der Waals surface area (Å²) >= 11 is 0. The third kappa shape index (κ3) is 6.93. The highest BCUT2D eigenvalue weighted by Crippen LogP contribution is 2.29. The molecular formula is C18H27F3N4O4. The first-order valence-corrected chi connectivity index (χ1v) is 9.92. The number of ether oxygens (including phenoxy) is 2. The fraction of sp³-hybridized carbons (Fsp3) is 0.833. The summed E-state index contributed by atoms with van der Waals surface area (Å²) in [5.74, 6) is -1.27. The van der Waals surface area contributed by atoms with Crippen LogP contribution in [0.3, 0.4) is 0 Å². The highest BCUT2D eigenvalue weighted by molar-refractivity contribution is 5.73. The Bertz CT molecular complexity index is 673. The van der Waals surface area contributed by atoms with Crippen molar-refractivity contribution in [3.05, 3.63) is 11.4 Å². The van der Waals surface area contributed by atoms with E-state index in [0.29, 0.717) is 12.5 Å². The molecule has 1 aliphatic carbocycles. The van der Waals surface area contributed by atoms with Gasteiger partial charge in [-0.25, -0.2) is 9.48 Å². The van der Waals surface area contributed by atoms with E-state index >= 15 is 0 Å². The van der Waals surface area contributed by atoms with Crippen molar-refractivity contribution in [2.45, 2.75) is 51.6 Å². The predicted molar refractivity (Wildman–Crippen MR) is 94.9 cm³/mol. The molecule has 8 nitrogen and oxygen atoms in total. The number of aromatic nitrogens is 3. The van der Waals surface area contributed by atoms with E-state index in [9.17, 15) is 13.2 Å². The molecule has 0 amide bonds. The Morgan fingerprint density at radius 2 is 2.00 bits per heavy atom. The second-order valence-electron chi connectivity index (χ2n) is 7.79. The van der Waals surface area contributed by atoms with Crippen LogP contribution in [-0.2, 0) is 34.0 Å². The van der Waals surface area contributed by atoms with E-state index < -0.39 is 12.1 Å². The van der Waals surface area contributed by atoms with Crippen molar-refractivity contribution in [1.82, 2.24) is 19.9 Å². The molecule has 0 radical (unpaired) electrons. The van der Waals surface area contributed by atoms with Crippen LogP contribution in [-0.4, -0.2) is 70.1 Å². The van der Waals surface area contributed by atoms with Crippen LogP contribution in [0.4, 0.5) is 13.2 Å². The number of carbonyl (C=O) groups is 1. The largest absolute Gasteiger partial charge is 0.490 e. The first-order valence-electron chi connectivity index (χ1n) is 9.92. The van der Waals surface area contributed by atoms with Gasteiger partial charge in [0.25, 0.3) is 0 Å². The number of halogens is 3. The van der Waals surface area contributed by atoms with Gasteiger partial charge >= 0.3 is 12.1 Å². The van der Waals surface area contributed by atoms with Crippen molar-refractivity contribution in [3.8, 4) is 0 Å². The monoisotopic (exact) mass is 420 g/mol. The lowest BCUT2D eigenvalue weighted by atomic mass is 10.1. The third-order valence-corrected chi connectivity index (χ3v) is 5.21. The van der Waals surface area contributed by atoms with Gasteiger partial charge in [0.1, 0.15) is 5.69 Å². The summed E-state index contributed by atoms with van der Waals surface area (Å²) in [4.78, 5) is 11.4. The lowest BCUT2D eigenvalue weighted by Crippen LogP contribution is -2.30. The summed E-state index contributed by atoms with van der Waals surface area (Å²) in [5.41, 5.74) is 2.29. The lowest BCUT2D eigenvalue weighted by Gasteiger charge is -2.22. The van der Waals surface area contributed by atoms with Gasteiger partial charge in [-0.05, 0) is 37.5 Å². The molecule has 4 rings (SSSR count). The minimum atomic E-state index is -5.08. The van der Waals surface area contributed by atoms with Crippen LogP contribution in [0.25, 0.3) is 0 Å². The molecule has 11 heteroatoms. The van der Waals surface area contributed by atoms with E-state index in [4.69, 9.17) is 19.4 Å². The molecule has 1 N–H and O–H groups in total. The van der Waals surface area contributed by atoms with Gasteiger partial charge in [0.2, 0.25) is 0 Å². The van der Waals surface area contributed by atoms with Crippen LogP contribution in [0.15, 0.2) is 0 Å². The maximum Gasteiger partial charge on any atom is 0.490 e. The first kappa shape index (κ1) is 22.0. The molecule has 0 aromatic carbocycles. The second-order valence-corrected chi connectivity index (χ2v) is 7.79. The molecule has 1 atom stereocenters. The van der Waals surface area contributed by atoms with Crippen LogP contribution in [0.1, 0.15) is 37.1 Å². The molecule has 1 saturated heterocycles. The standard InChI is InChI=1S/C16H26N4O2.C2HF3O2/c1-5-19(8-14-4-7-21-11-14)9-16-15(17-18-20(16)6-1)12-22-10-13-2-3-13;3-2(4,5)1(6)7/h13-14H,1-12H2;(H,6,7). The Hall–Kier alpha value is -1.72. The second kappa shape index (κ2) is 9.86. The number of alkyl halides is 3. The summed E-state index contributed by atoms with van der Waals surface area (Å²) in [6.07, 6.45) is -0.0781. The smallest absolute Gasteiger partial charge is 0.475 e. The number of aryl methyl sites for hydroxylation is 1. The molecule has 1 aromatic heterocycles. The zero-order chi connectivity index (χ0) is 20.9. The summed E-state index contributed by atoms with van der Waals surface area (Å²) in [7, 11) is 0. The predicted octanol–water partition coefficient (Wildman–Crippen LogP) is 2.08. The molecule has 1 aromatic rings. The van der Waals surface area contributed by atoms with Crippen molar-refractivity contribution in [1.29, 1.82) is 0 Å². The zero-order valence-electron chi connectivity index (χ0n) is 16.2. The first-order chi connectivity index (χ1) is 13.8. The Morgan fingerprint density at radius 3 is 2.62 bits per heavy atom. The number of carboxylic acids is 1. The maximum absolute atomic E-state index is 10.6. The van der Waals surface area contributed by atoms with E-state index in [2.05, 4.69) is 19.9 Å². The van der Waals surface area contributed by atoms with Crippen molar-refractivity contribution < 1.29 is 32.5 Å². The van der Waals surface area contributed by atoms with Gasteiger partial charge in [0.05, 0.1) is 18.9 Å². The van der Waals surface area contributed by atoms with Gasteiger partial charge in [-0.15, -0.1) is 5.10 Å². The fourth-order valence-electron chi connectivity index (χ4n) is 3.42. The van der Waals surface area contributed by atoms with Gasteiger partial charge in [-0.1, -0.05) is 5.21 Å². The minimum Gasteiger partial charge on any atom is -0.475 e. The van der Waals surface area contributed by atoms with Crippen molar-refractivity contribution in [2.75, 3.05) is 32.9 Å². The van der Waals surface area contributed by atoms with Crippen LogP contribution >= 0.6 is 0 Å².